The number of cyclic esters (lactones) is 1. The van der Waals surface area contributed by atoms with Crippen LogP contribution in [0.1, 0.15) is 46.7 Å². The first-order valence-corrected chi connectivity index (χ1v) is 12.3. The van der Waals surface area contributed by atoms with Crippen LogP contribution in [-0.4, -0.2) is 52.2 Å². The molecule has 3 aliphatic rings. The van der Waals surface area contributed by atoms with Crippen LogP contribution in [0.25, 0.3) is 22.3 Å². The topological polar surface area (TPSA) is 81.4 Å². The third kappa shape index (κ3) is 3.11. The van der Waals surface area contributed by atoms with Gasteiger partial charge in [0.2, 0.25) is 0 Å². The second kappa shape index (κ2) is 7.41. The monoisotopic (exact) mass is 532 g/mol. The first kappa shape index (κ1) is 25.0. The molecule has 4 heterocycles. The summed E-state index contributed by atoms with van der Waals surface area (Å²) in [6, 6.07) is 4.57. The first-order chi connectivity index (χ1) is 17.6. The number of esters is 1. The summed E-state index contributed by atoms with van der Waals surface area (Å²) in [6.45, 7) is 1.11. The summed E-state index contributed by atoms with van der Waals surface area (Å²) >= 11 is 0. The molecule has 1 atom stereocenters. The lowest BCUT2D eigenvalue weighted by Crippen LogP contribution is -2.44. The fourth-order valence-electron chi connectivity index (χ4n) is 6.01. The van der Waals surface area contributed by atoms with Crippen LogP contribution in [0.4, 0.5) is 17.6 Å². The van der Waals surface area contributed by atoms with Crippen molar-refractivity contribution >= 4 is 16.9 Å². The van der Waals surface area contributed by atoms with Crippen molar-refractivity contribution in [3.05, 3.63) is 61.9 Å². The molecule has 6 rings (SSSR count). The lowest BCUT2D eigenvalue weighted by atomic mass is 9.80. The molecule has 2 aromatic heterocycles. The van der Waals surface area contributed by atoms with E-state index in [9.17, 15) is 14.7 Å². The van der Waals surface area contributed by atoms with E-state index in [1.165, 1.54) is 10.6 Å². The molecule has 38 heavy (non-hydrogen) atoms. The third-order valence-corrected chi connectivity index (χ3v) is 7.88. The molecule has 0 spiro atoms. The lowest BCUT2D eigenvalue weighted by molar-refractivity contribution is -0.884. The molecule has 0 saturated carbocycles. The molecule has 1 aliphatic carbocycles. The number of carbonyl (C=O) groups excluding carboxylic acids is 1. The van der Waals surface area contributed by atoms with Crippen molar-refractivity contribution in [2.45, 2.75) is 56.9 Å². The summed E-state index contributed by atoms with van der Waals surface area (Å²) in [6.07, 6.45) is -1.21. The number of aromatic nitrogens is 2. The summed E-state index contributed by atoms with van der Waals surface area (Å²) in [4.78, 5) is 30.4. The van der Waals surface area contributed by atoms with Crippen LogP contribution in [0.15, 0.2) is 23.0 Å². The van der Waals surface area contributed by atoms with E-state index < -0.39 is 47.5 Å². The van der Waals surface area contributed by atoms with Crippen molar-refractivity contribution in [2.75, 3.05) is 21.1 Å². The van der Waals surface area contributed by atoms with Gasteiger partial charge in [-0.2, -0.15) is 17.6 Å². The van der Waals surface area contributed by atoms with E-state index in [4.69, 9.17) is 4.74 Å². The quantitative estimate of drug-likeness (QED) is 0.248. The molecule has 0 fully saturated rings. The maximum atomic E-state index is 15.6. The van der Waals surface area contributed by atoms with E-state index in [0.717, 1.165) is 0 Å². The Balaban J connectivity index is 1.69. The molecule has 7 nitrogen and oxygen atoms in total. The number of alkyl halides is 4. The molecule has 1 aromatic carbocycles. The van der Waals surface area contributed by atoms with Gasteiger partial charge in [0.25, 0.3) is 5.56 Å². The van der Waals surface area contributed by atoms with Crippen molar-refractivity contribution in [3.8, 4) is 11.4 Å². The number of hydrogen-bond acceptors (Lipinski definition) is 5. The molecule has 11 heteroatoms. The van der Waals surface area contributed by atoms with Gasteiger partial charge in [-0.05, 0) is 24.1 Å². The van der Waals surface area contributed by atoms with Crippen LogP contribution in [0.3, 0.4) is 0 Å². The zero-order valence-corrected chi connectivity index (χ0v) is 21.3. The third-order valence-electron chi connectivity index (χ3n) is 7.88. The Morgan fingerprint density at radius 2 is 1.82 bits per heavy atom. The van der Waals surface area contributed by atoms with Gasteiger partial charge in [0.1, 0.15) is 13.2 Å². The van der Waals surface area contributed by atoms with E-state index in [-0.39, 0.29) is 57.6 Å². The van der Waals surface area contributed by atoms with Crippen LogP contribution in [0, 0.1) is 0 Å². The summed E-state index contributed by atoms with van der Waals surface area (Å²) in [5.41, 5.74) is -2.82. The number of halogens is 4. The molecule has 0 saturated heterocycles. The first-order valence-electron chi connectivity index (χ1n) is 12.3. The molecular weight excluding hydrogens is 506 g/mol. The second-order valence-corrected chi connectivity index (χ2v) is 11.4. The fraction of sp³-hybridized carbons (Fsp3) is 0.444. The van der Waals surface area contributed by atoms with Crippen molar-refractivity contribution in [1.29, 1.82) is 0 Å². The number of pyridine rings is 2. The Labute approximate surface area is 214 Å². The maximum Gasteiger partial charge on any atom is 0.343 e. The normalized spacial score (nSPS) is 22.6. The molecule has 0 bridgehead atoms. The maximum absolute atomic E-state index is 15.6. The minimum absolute atomic E-state index is 0.000169. The molecule has 0 radical (unpaired) electrons. The summed E-state index contributed by atoms with van der Waals surface area (Å²) < 4.78 is 68.3. The average molecular weight is 533 g/mol. The predicted octanol–water partition coefficient (Wildman–Crippen LogP) is 3.57. The van der Waals surface area contributed by atoms with Gasteiger partial charge in [0, 0.05) is 34.1 Å². The highest BCUT2D eigenvalue weighted by atomic mass is 19.3. The van der Waals surface area contributed by atoms with Crippen molar-refractivity contribution < 1.29 is 36.7 Å². The van der Waals surface area contributed by atoms with Crippen LogP contribution in [0.2, 0.25) is 0 Å². The Bertz CT molecular complexity index is 1640. The Morgan fingerprint density at radius 3 is 2.47 bits per heavy atom. The van der Waals surface area contributed by atoms with Crippen LogP contribution in [0.5, 0.6) is 0 Å². The van der Waals surface area contributed by atoms with E-state index in [0.29, 0.717) is 16.6 Å². The molecule has 3 aromatic rings. The zero-order valence-electron chi connectivity index (χ0n) is 21.3. The highest BCUT2D eigenvalue weighted by molar-refractivity contribution is 5.93. The summed E-state index contributed by atoms with van der Waals surface area (Å²) in [5, 5.41) is 11.0. The van der Waals surface area contributed by atoms with E-state index in [1.54, 1.807) is 19.1 Å². The van der Waals surface area contributed by atoms with Crippen LogP contribution < -0.4 is 5.56 Å². The number of carbonyl (C=O) groups is 1. The number of benzene rings is 1. The molecule has 2 aliphatic heterocycles. The van der Waals surface area contributed by atoms with Gasteiger partial charge < -0.3 is 18.9 Å². The standard InChI is InChI=1S/C27H26F4N3O4/c1-5-25(37)17-8-19-22-15(10-33(19)23(35)16(17)12-38-24(25)36)21-20-14(9-26(28,29)27(21,30)31)13(11-34(2,3)4)6-7-18(20)32-22/h6-8,37H,5,9-12H2,1-4H3/q+1/t25-/m0/s1. The minimum atomic E-state index is -4.50. The Hall–Kier alpha value is -3.31. The van der Waals surface area contributed by atoms with Gasteiger partial charge in [-0.3, -0.25) is 4.79 Å². The summed E-state index contributed by atoms with van der Waals surface area (Å²) in [7, 11) is 5.64. The predicted molar refractivity (Wildman–Crippen MR) is 129 cm³/mol. The fourth-order valence-corrected chi connectivity index (χ4v) is 6.01. The Morgan fingerprint density at radius 1 is 1.11 bits per heavy atom. The van der Waals surface area contributed by atoms with Gasteiger partial charge in [-0.15, -0.1) is 0 Å². The SMILES string of the molecule is CC[C@@]1(O)C(=O)OCc2c1cc1n(c2=O)Cc2c-1nc1ccc(C[N+](C)(C)C)c3c1c2C(F)(F)C(F)(F)C3. The summed E-state index contributed by atoms with van der Waals surface area (Å²) in [5.74, 6) is -9.78. The number of fused-ring (bicyclic) bond motifs is 5. The van der Waals surface area contributed by atoms with Gasteiger partial charge >= 0.3 is 17.8 Å². The highest BCUT2D eigenvalue weighted by Gasteiger charge is 2.62. The highest BCUT2D eigenvalue weighted by Crippen LogP contribution is 2.55. The van der Waals surface area contributed by atoms with Gasteiger partial charge in [-0.25, -0.2) is 9.78 Å². The van der Waals surface area contributed by atoms with E-state index >= 15 is 17.6 Å². The largest absolute Gasteiger partial charge is 0.458 e. The Kier molecular flexibility index (Phi) is 4.88. The van der Waals surface area contributed by atoms with E-state index in [2.05, 4.69) is 4.98 Å². The lowest BCUT2D eigenvalue weighted by Gasteiger charge is -2.36. The molecule has 0 amide bonds. The molecule has 0 unspecified atom stereocenters. The van der Waals surface area contributed by atoms with Gasteiger partial charge in [0.15, 0.2) is 5.60 Å². The zero-order chi connectivity index (χ0) is 27.6. The van der Waals surface area contributed by atoms with Crippen LogP contribution >= 0.6 is 0 Å². The minimum Gasteiger partial charge on any atom is -0.458 e. The molecular formula is C27H26F4N3O4+. The number of hydrogen-bond donors (Lipinski definition) is 1. The second-order valence-electron chi connectivity index (χ2n) is 11.4. The van der Waals surface area contributed by atoms with Crippen LogP contribution in [-0.2, 0) is 47.2 Å². The van der Waals surface area contributed by atoms with Gasteiger partial charge in [0.05, 0.1) is 50.2 Å². The van der Waals surface area contributed by atoms with E-state index in [1.807, 2.05) is 21.1 Å². The molecule has 1 N–H and O–H groups in total. The molecule has 200 valence electrons. The van der Waals surface area contributed by atoms with Crippen molar-refractivity contribution in [2.24, 2.45) is 0 Å². The van der Waals surface area contributed by atoms with Crippen molar-refractivity contribution in [1.82, 2.24) is 9.55 Å². The van der Waals surface area contributed by atoms with Gasteiger partial charge in [-0.1, -0.05) is 13.0 Å². The average Bonchev–Trinajstić information content (AvgIpc) is 3.18. The number of quaternary nitrogens is 1. The number of rotatable bonds is 3. The number of ether oxygens (including phenoxy) is 1. The number of aliphatic hydroxyl groups is 1. The van der Waals surface area contributed by atoms with Crippen molar-refractivity contribution in [3.63, 3.8) is 0 Å². The number of nitrogens with zero attached hydrogens (tertiary/aromatic N) is 3. The smallest absolute Gasteiger partial charge is 0.343 e.